The van der Waals surface area contributed by atoms with Crippen LogP contribution in [0, 0.1) is 0 Å². The van der Waals surface area contributed by atoms with E-state index in [1.54, 1.807) is 11.8 Å². The highest BCUT2D eigenvalue weighted by molar-refractivity contribution is 7.99. The summed E-state index contributed by atoms with van der Waals surface area (Å²) < 4.78 is 4.69. The molecule has 0 saturated carbocycles. The second kappa shape index (κ2) is 12.5. The Morgan fingerprint density at radius 2 is 1.03 bits per heavy atom. The highest BCUT2D eigenvalue weighted by Crippen LogP contribution is 2.47. The molecule has 0 N–H and O–H groups in total. The van der Waals surface area contributed by atoms with E-state index in [1.807, 2.05) is 0 Å². The Hall–Kier alpha value is -7.47. The molecule has 0 spiro atoms. The van der Waals surface area contributed by atoms with Crippen molar-refractivity contribution in [3.05, 3.63) is 194 Å². The molecular weight excluding hydrogens is 737 g/mol. The lowest BCUT2D eigenvalue weighted by molar-refractivity contribution is 1.01. The third-order valence-corrected chi connectivity index (χ3v) is 13.3. The van der Waals surface area contributed by atoms with Crippen molar-refractivity contribution in [2.75, 3.05) is 0 Å². The lowest BCUT2D eigenvalue weighted by Gasteiger charge is -2.20. The molecule has 0 unspecified atom stereocenters. The van der Waals surface area contributed by atoms with Gasteiger partial charge < -0.3 is 4.57 Å². The van der Waals surface area contributed by atoms with Gasteiger partial charge in [-0.15, -0.1) is 0 Å². The quantitative estimate of drug-likeness (QED) is 0.179. The molecule has 12 aromatic rings. The molecule has 274 valence electrons. The van der Waals surface area contributed by atoms with Crippen molar-refractivity contribution < 1.29 is 0 Å². The molecule has 0 atom stereocenters. The molecule has 13 rings (SSSR count). The molecule has 0 bridgehead atoms. The Morgan fingerprint density at radius 1 is 0.390 bits per heavy atom. The van der Waals surface area contributed by atoms with Gasteiger partial charge in [-0.2, -0.15) is 0 Å². The van der Waals surface area contributed by atoms with Crippen LogP contribution in [-0.2, 0) is 0 Å². The van der Waals surface area contributed by atoms with Gasteiger partial charge in [0.05, 0.1) is 33.3 Å². The first-order valence-electron chi connectivity index (χ1n) is 20.0. The minimum absolute atomic E-state index is 0.682. The smallest absolute Gasteiger partial charge is 0.235 e. The minimum atomic E-state index is 0.682. The Kier molecular flexibility index (Phi) is 6.91. The molecule has 3 aromatic heterocycles. The summed E-state index contributed by atoms with van der Waals surface area (Å²) in [6, 6.07) is 70.2. The maximum Gasteiger partial charge on any atom is 0.235 e. The van der Waals surface area contributed by atoms with Crippen molar-refractivity contribution in [3.8, 4) is 45.1 Å². The normalized spacial score (nSPS) is 12.3. The van der Waals surface area contributed by atoms with Crippen LogP contribution in [0.2, 0.25) is 0 Å². The second-order valence-corrected chi connectivity index (χ2v) is 16.5. The molecule has 1 aliphatic heterocycles. The van der Waals surface area contributed by atoms with Gasteiger partial charge in [0, 0.05) is 53.4 Å². The number of nitrogens with zero attached hydrogens (tertiary/aromatic N) is 4. The van der Waals surface area contributed by atoms with E-state index in [1.165, 1.54) is 75.4 Å². The second-order valence-electron chi connectivity index (χ2n) is 15.4. The summed E-state index contributed by atoms with van der Waals surface area (Å²) in [7, 11) is 0. The van der Waals surface area contributed by atoms with Crippen LogP contribution in [-0.4, -0.2) is 19.1 Å². The van der Waals surface area contributed by atoms with Gasteiger partial charge in [-0.05, 0) is 88.3 Å². The van der Waals surface area contributed by atoms with Crippen LogP contribution in [0.25, 0.3) is 110 Å². The number of hydrogen-bond acceptors (Lipinski definition) is 3. The van der Waals surface area contributed by atoms with E-state index >= 15 is 0 Å². The molecule has 0 saturated heterocycles. The number of fused-ring (bicyclic) bond motifs is 10. The highest BCUT2D eigenvalue weighted by Gasteiger charge is 2.25. The van der Waals surface area contributed by atoms with E-state index in [4.69, 9.17) is 9.97 Å². The zero-order valence-corrected chi connectivity index (χ0v) is 32.5. The molecule has 0 radical (unpaired) electrons. The van der Waals surface area contributed by atoms with Crippen molar-refractivity contribution in [1.29, 1.82) is 0 Å². The van der Waals surface area contributed by atoms with Gasteiger partial charge in [0.2, 0.25) is 5.95 Å². The zero-order valence-electron chi connectivity index (χ0n) is 31.7. The fourth-order valence-electron chi connectivity index (χ4n) is 9.42. The first kappa shape index (κ1) is 32.6. The molecule has 1 aliphatic rings. The summed E-state index contributed by atoms with van der Waals surface area (Å²) in [5, 5.41) is 8.30. The van der Waals surface area contributed by atoms with Gasteiger partial charge in [0.25, 0.3) is 0 Å². The van der Waals surface area contributed by atoms with Crippen LogP contribution in [0.4, 0.5) is 0 Å². The average Bonchev–Trinajstić information content (AvgIpc) is 3.82. The lowest BCUT2D eigenvalue weighted by atomic mass is 10.00. The highest BCUT2D eigenvalue weighted by atomic mass is 32.2. The molecule has 0 aliphatic carbocycles. The number of benzene rings is 9. The average molecular weight is 769 g/mol. The maximum atomic E-state index is 5.45. The fraction of sp³-hybridized carbons (Fsp3) is 0. The third-order valence-electron chi connectivity index (χ3n) is 12.1. The Morgan fingerprint density at radius 3 is 1.88 bits per heavy atom. The summed E-state index contributed by atoms with van der Waals surface area (Å²) in [6.07, 6.45) is 0. The molecule has 59 heavy (non-hydrogen) atoms. The van der Waals surface area contributed by atoms with E-state index in [0.29, 0.717) is 5.95 Å². The summed E-state index contributed by atoms with van der Waals surface area (Å²) in [6.45, 7) is 0. The Labute approximate surface area is 343 Å². The fourth-order valence-corrected chi connectivity index (χ4v) is 10.5. The predicted octanol–water partition coefficient (Wildman–Crippen LogP) is 14.4. The topological polar surface area (TPSA) is 35.6 Å². The number of para-hydroxylation sites is 1. The molecule has 5 heteroatoms. The van der Waals surface area contributed by atoms with Gasteiger partial charge in [-0.1, -0.05) is 145 Å². The summed E-state index contributed by atoms with van der Waals surface area (Å²) in [5.74, 6) is 0.682. The lowest BCUT2D eigenvalue weighted by Crippen LogP contribution is -2.05. The third kappa shape index (κ3) is 4.86. The Bertz CT molecular complexity index is 3690. The van der Waals surface area contributed by atoms with Crippen LogP contribution in [0.3, 0.4) is 0 Å². The molecule has 4 heterocycles. The first-order valence-corrected chi connectivity index (χ1v) is 20.8. The molecule has 4 nitrogen and oxygen atoms in total. The number of hydrogen-bond donors (Lipinski definition) is 0. The van der Waals surface area contributed by atoms with E-state index in [-0.39, 0.29) is 0 Å². The van der Waals surface area contributed by atoms with Gasteiger partial charge in [0.1, 0.15) is 0 Å². The van der Waals surface area contributed by atoms with Crippen LogP contribution in [0.15, 0.2) is 204 Å². The zero-order chi connectivity index (χ0) is 38.6. The molecule has 0 amide bonds. The van der Waals surface area contributed by atoms with Crippen LogP contribution in [0.5, 0.6) is 0 Å². The predicted molar refractivity (Wildman–Crippen MR) is 246 cm³/mol. The van der Waals surface area contributed by atoms with Gasteiger partial charge in [0.15, 0.2) is 0 Å². The maximum absolute atomic E-state index is 5.45. The van der Waals surface area contributed by atoms with Crippen LogP contribution >= 0.6 is 11.8 Å². The van der Waals surface area contributed by atoms with Crippen molar-refractivity contribution in [2.45, 2.75) is 9.79 Å². The SMILES string of the molecule is c1ccc(-c2ccc(-n3c4ccccc4c4cc(-c5ccc6c(c5)c5ccc7ccccc7c5n6-c5nc6c7c(cccc7n5)Sc5ccccc5-6)ccc43)cc2)cc1. The van der Waals surface area contributed by atoms with Crippen LogP contribution < -0.4 is 0 Å². The Balaban J connectivity index is 1.01. The van der Waals surface area contributed by atoms with Crippen molar-refractivity contribution >= 4 is 77.0 Å². The van der Waals surface area contributed by atoms with Crippen molar-refractivity contribution in [1.82, 2.24) is 19.1 Å². The largest absolute Gasteiger partial charge is 0.309 e. The molecular formula is C54H32N4S. The number of aromatic nitrogens is 4. The van der Waals surface area contributed by atoms with Crippen LogP contribution in [0.1, 0.15) is 0 Å². The first-order chi connectivity index (χ1) is 29.2. The summed E-state index contributed by atoms with van der Waals surface area (Å²) >= 11 is 1.80. The van der Waals surface area contributed by atoms with E-state index in [0.717, 1.165) is 38.9 Å². The van der Waals surface area contributed by atoms with Gasteiger partial charge in [-0.25, -0.2) is 9.97 Å². The summed E-state index contributed by atoms with van der Waals surface area (Å²) in [5.41, 5.74) is 13.6. The van der Waals surface area contributed by atoms with E-state index < -0.39 is 0 Å². The van der Waals surface area contributed by atoms with Gasteiger partial charge >= 0.3 is 0 Å². The molecule has 0 fully saturated rings. The standard InChI is InChI=1S/C54H32N4S/c1-2-11-33(12-3-1)34-21-26-38(27-22-34)57-46-18-8-6-15-40(46)43-31-36(24-29-47(43)57)37-25-30-48-44(32-37)41-28-23-35-13-4-5-14-39(35)53(41)58(48)54-55-45-17-10-20-50-51(45)52(56-54)42-16-7-9-19-49(42)59-50/h1-32H. The summed E-state index contributed by atoms with van der Waals surface area (Å²) in [4.78, 5) is 13.2. The van der Waals surface area contributed by atoms with E-state index in [9.17, 15) is 0 Å². The monoisotopic (exact) mass is 768 g/mol. The van der Waals surface area contributed by atoms with E-state index in [2.05, 4.69) is 203 Å². The molecule has 9 aromatic carbocycles. The van der Waals surface area contributed by atoms with Crippen molar-refractivity contribution in [2.24, 2.45) is 0 Å². The van der Waals surface area contributed by atoms with Crippen molar-refractivity contribution in [3.63, 3.8) is 0 Å². The minimum Gasteiger partial charge on any atom is -0.309 e. The van der Waals surface area contributed by atoms with Gasteiger partial charge in [-0.3, -0.25) is 4.57 Å². The number of rotatable bonds is 4.